The molecule has 0 aliphatic rings. The molecule has 1 rings (SSSR count). The molecule has 0 saturated heterocycles. The van der Waals surface area contributed by atoms with Gasteiger partial charge in [-0.05, 0) is 12.0 Å². The Labute approximate surface area is 104 Å². The van der Waals surface area contributed by atoms with Crippen LogP contribution in [0.25, 0.3) is 0 Å². The van der Waals surface area contributed by atoms with Gasteiger partial charge in [0, 0.05) is 6.20 Å². The summed E-state index contributed by atoms with van der Waals surface area (Å²) in [5, 5.41) is 11.9. The molecule has 0 spiro atoms. The molecule has 0 aromatic carbocycles. The molecule has 6 heteroatoms. The standard InChI is InChI=1S/C11H15ClN2O3/c1-3-6(2)9(11(16)17)14-10(15)8-4-7(12)5-13-8/h4-6,9,13H,3H2,1-2H3,(H,14,15)(H,16,17)/t6?,9-/m0/s1. The van der Waals surface area contributed by atoms with Crippen molar-refractivity contribution in [1.82, 2.24) is 10.3 Å². The van der Waals surface area contributed by atoms with Gasteiger partial charge in [0.15, 0.2) is 0 Å². The molecule has 0 radical (unpaired) electrons. The molecule has 5 nitrogen and oxygen atoms in total. The van der Waals surface area contributed by atoms with Crippen LogP contribution in [0.1, 0.15) is 30.8 Å². The summed E-state index contributed by atoms with van der Waals surface area (Å²) in [6, 6.07) is 0.557. The topological polar surface area (TPSA) is 82.2 Å². The summed E-state index contributed by atoms with van der Waals surface area (Å²) in [5.74, 6) is -1.64. The van der Waals surface area contributed by atoms with Crippen LogP contribution < -0.4 is 5.32 Å². The lowest BCUT2D eigenvalue weighted by Gasteiger charge is -2.19. The highest BCUT2D eigenvalue weighted by Crippen LogP contribution is 2.12. The van der Waals surface area contributed by atoms with Gasteiger partial charge in [-0.25, -0.2) is 4.79 Å². The van der Waals surface area contributed by atoms with Crippen LogP contribution in [0.2, 0.25) is 5.02 Å². The molecule has 1 aromatic rings. The van der Waals surface area contributed by atoms with Crippen molar-refractivity contribution >= 4 is 23.5 Å². The van der Waals surface area contributed by atoms with Gasteiger partial charge >= 0.3 is 5.97 Å². The van der Waals surface area contributed by atoms with Gasteiger partial charge in [0.2, 0.25) is 0 Å². The Morgan fingerprint density at radius 3 is 2.65 bits per heavy atom. The van der Waals surface area contributed by atoms with E-state index < -0.39 is 17.9 Å². The van der Waals surface area contributed by atoms with Crippen molar-refractivity contribution in [3.8, 4) is 0 Å². The van der Waals surface area contributed by atoms with Gasteiger partial charge in [0.05, 0.1) is 5.02 Å². The maximum absolute atomic E-state index is 11.7. The van der Waals surface area contributed by atoms with Crippen LogP contribution in [0.5, 0.6) is 0 Å². The van der Waals surface area contributed by atoms with Crippen LogP contribution >= 0.6 is 11.6 Å². The van der Waals surface area contributed by atoms with Crippen LogP contribution in [0, 0.1) is 5.92 Å². The number of carbonyl (C=O) groups excluding carboxylic acids is 1. The molecular weight excluding hydrogens is 244 g/mol. The van der Waals surface area contributed by atoms with Gasteiger partial charge in [-0.1, -0.05) is 31.9 Å². The first-order valence-corrected chi connectivity index (χ1v) is 5.71. The third kappa shape index (κ3) is 3.49. The summed E-state index contributed by atoms with van der Waals surface area (Å²) < 4.78 is 0. The molecule has 2 atom stereocenters. The minimum atomic E-state index is -1.04. The number of halogens is 1. The Morgan fingerprint density at radius 1 is 1.59 bits per heavy atom. The Morgan fingerprint density at radius 2 is 2.24 bits per heavy atom. The molecule has 0 aliphatic carbocycles. The van der Waals surface area contributed by atoms with E-state index in [-0.39, 0.29) is 11.6 Å². The molecule has 0 saturated carbocycles. The number of H-pyrrole nitrogens is 1. The summed E-state index contributed by atoms with van der Waals surface area (Å²) >= 11 is 5.67. The maximum Gasteiger partial charge on any atom is 0.326 e. The van der Waals surface area contributed by atoms with Gasteiger partial charge in [0.25, 0.3) is 5.91 Å². The van der Waals surface area contributed by atoms with Crippen molar-refractivity contribution in [1.29, 1.82) is 0 Å². The molecule has 0 fully saturated rings. The quantitative estimate of drug-likeness (QED) is 0.754. The van der Waals surface area contributed by atoms with Gasteiger partial charge in [-0.2, -0.15) is 0 Å². The zero-order chi connectivity index (χ0) is 13.0. The highest BCUT2D eigenvalue weighted by atomic mass is 35.5. The Bertz CT molecular complexity index is 417. The van der Waals surface area contributed by atoms with E-state index in [0.717, 1.165) is 0 Å². The fourth-order valence-corrected chi connectivity index (χ4v) is 1.56. The third-order valence-electron chi connectivity index (χ3n) is 2.66. The molecule has 1 amide bonds. The van der Waals surface area contributed by atoms with Crippen LogP contribution in [-0.4, -0.2) is 28.0 Å². The molecule has 94 valence electrons. The second kappa shape index (κ2) is 5.72. The number of aromatic amines is 1. The molecule has 3 N–H and O–H groups in total. The summed E-state index contributed by atoms with van der Waals surface area (Å²) in [4.78, 5) is 25.4. The van der Waals surface area contributed by atoms with Crippen LogP contribution in [0.15, 0.2) is 12.3 Å². The van der Waals surface area contributed by atoms with Gasteiger partial charge in [0.1, 0.15) is 11.7 Å². The Hall–Kier alpha value is -1.49. The first-order chi connectivity index (χ1) is 7.95. The number of aromatic nitrogens is 1. The van der Waals surface area contributed by atoms with E-state index in [1.165, 1.54) is 12.3 Å². The largest absolute Gasteiger partial charge is 0.480 e. The first-order valence-electron chi connectivity index (χ1n) is 5.33. The predicted octanol–water partition coefficient (Wildman–Crippen LogP) is 1.90. The van der Waals surface area contributed by atoms with Crippen molar-refractivity contribution in [2.75, 3.05) is 0 Å². The lowest BCUT2D eigenvalue weighted by molar-refractivity contribution is -0.140. The average Bonchev–Trinajstić information content (AvgIpc) is 2.71. The maximum atomic E-state index is 11.7. The monoisotopic (exact) mass is 258 g/mol. The van der Waals surface area contributed by atoms with Crippen molar-refractivity contribution in [3.63, 3.8) is 0 Å². The Kier molecular flexibility index (Phi) is 4.57. The van der Waals surface area contributed by atoms with E-state index >= 15 is 0 Å². The summed E-state index contributed by atoms with van der Waals surface area (Å²) in [7, 11) is 0. The number of hydrogen-bond donors (Lipinski definition) is 3. The number of aliphatic carboxylic acids is 1. The zero-order valence-corrected chi connectivity index (χ0v) is 10.4. The van der Waals surface area contributed by atoms with Crippen molar-refractivity contribution < 1.29 is 14.7 Å². The number of carboxylic acid groups (broad SMARTS) is 1. The second-order valence-corrected chi connectivity index (χ2v) is 4.34. The number of amides is 1. The van der Waals surface area contributed by atoms with Crippen LogP contribution in [-0.2, 0) is 4.79 Å². The molecular formula is C11H15ClN2O3. The van der Waals surface area contributed by atoms with Gasteiger partial charge in [-0.15, -0.1) is 0 Å². The molecule has 1 aromatic heterocycles. The van der Waals surface area contributed by atoms with Crippen LogP contribution in [0.4, 0.5) is 0 Å². The van der Waals surface area contributed by atoms with Gasteiger partial charge < -0.3 is 15.4 Å². The molecule has 0 bridgehead atoms. The van der Waals surface area contributed by atoms with E-state index in [4.69, 9.17) is 16.7 Å². The number of nitrogens with one attached hydrogen (secondary N) is 2. The summed E-state index contributed by atoms with van der Waals surface area (Å²) in [6.07, 6.45) is 2.14. The predicted molar refractivity (Wildman–Crippen MR) is 64.1 cm³/mol. The highest BCUT2D eigenvalue weighted by molar-refractivity contribution is 6.30. The van der Waals surface area contributed by atoms with Crippen molar-refractivity contribution in [2.45, 2.75) is 26.3 Å². The fraction of sp³-hybridized carbons (Fsp3) is 0.455. The number of hydrogen-bond acceptors (Lipinski definition) is 2. The molecule has 1 heterocycles. The van der Waals surface area contributed by atoms with E-state index in [1.807, 2.05) is 6.92 Å². The number of rotatable bonds is 5. The summed E-state index contributed by atoms with van der Waals surface area (Å²) in [5.41, 5.74) is 0.254. The smallest absolute Gasteiger partial charge is 0.326 e. The summed E-state index contributed by atoms with van der Waals surface area (Å²) in [6.45, 7) is 3.65. The normalized spacial score (nSPS) is 14.1. The van der Waals surface area contributed by atoms with Crippen molar-refractivity contribution in [3.05, 3.63) is 23.0 Å². The van der Waals surface area contributed by atoms with Crippen LogP contribution in [0.3, 0.4) is 0 Å². The third-order valence-corrected chi connectivity index (χ3v) is 2.88. The second-order valence-electron chi connectivity index (χ2n) is 3.91. The molecule has 1 unspecified atom stereocenters. The minimum Gasteiger partial charge on any atom is -0.480 e. The lowest BCUT2D eigenvalue weighted by atomic mass is 9.99. The first kappa shape index (κ1) is 13.6. The zero-order valence-electron chi connectivity index (χ0n) is 9.66. The SMILES string of the molecule is CCC(C)[C@H](NC(=O)c1cc(Cl)c[nH]1)C(=O)O. The average molecular weight is 259 g/mol. The number of carbonyl (C=O) groups is 2. The van der Waals surface area contributed by atoms with Crippen molar-refractivity contribution in [2.24, 2.45) is 5.92 Å². The fourth-order valence-electron chi connectivity index (χ4n) is 1.40. The minimum absolute atomic E-state index is 0.137. The van der Waals surface area contributed by atoms with Gasteiger partial charge in [-0.3, -0.25) is 4.79 Å². The van der Waals surface area contributed by atoms with E-state index in [1.54, 1.807) is 6.92 Å². The lowest BCUT2D eigenvalue weighted by Crippen LogP contribution is -2.45. The highest BCUT2D eigenvalue weighted by Gasteiger charge is 2.26. The van der Waals surface area contributed by atoms with E-state index in [2.05, 4.69) is 10.3 Å². The molecule has 17 heavy (non-hydrogen) atoms. The number of carboxylic acids is 1. The molecule has 0 aliphatic heterocycles. The van der Waals surface area contributed by atoms with E-state index in [0.29, 0.717) is 11.4 Å². The Balaban J connectivity index is 2.74. The van der Waals surface area contributed by atoms with E-state index in [9.17, 15) is 9.59 Å².